The normalized spacial score (nSPS) is 23.7. The zero-order chi connectivity index (χ0) is 12.7. The van der Waals surface area contributed by atoms with E-state index in [1.807, 2.05) is 4.90 Å². The van der Waals surface area contributed by atoms with Gasteiger partial charge in [0.05, 0.1) is 24.1 Å². The monoisotopic (exact) mass is 266 g/mol. The van der Waals surface area contributed by atoms with E-state index in [9.17, 15) is 15.0 Å². The Morgan fingerprint density at radius 2 is 2.00 bits per heavy atom. The molecule has 104 valence electrons. The number of aromatic nitrogens is 3. The van der Waals surface area contributed by atoms with Gasteiger partial charge in [-0.25, -0.2) is 4.98 Å². The molecule has 1 aliphatic rings. The van der Waals surface area contributed by atoms with E-state index >= 15 is 0 Å². The van der Waals surface area contributed by atoms with Gasteiger partial charge in [0.25, 0.3) is 5.56 Å². The molecule has 1 aliphatic heterocycles. The largest absolute Gasteiger partial charge is 0.389 e. The Hall–Kier alpha value is -1.70. The highest BCUT2D eigenvalue weighted by molar-refractivity contribution is 5.77. The van der Waals surface area contributed by atoms with Gasteiger partial charge in [-0.1, -0.05) is 7.43 Å². The number of hydrogen-bond donors (Lipinski definition) is 4. The van der Waals surface area contributed by atoms with E-state index in [0.717, 1.165) is 5.56 Å². The van der Waals surface area contributed by atoms with Crippen molar-refractivity contribution in [1.29, 1.82) is 0 Å². The number of fused-ring (bicyclic) bond motifs is 1. The molecule has 0 spiro atoms. The quantitative estimate of drug-likeness (QED) is 0.582. The van der Waals surface area contributed by atoms with Crippen LogP contribution >= 0.6 is 0 Å². The van der Waals surface area contributed by atoms with Crippen LogP contribution in [0.4, 0.5) is 0 Å². The van der Waals surface area contributed by atoms with Crippen LogP contribution in [0, 0.1) is 0 Å². The zero-order valence-electron chi connectivity index (χ0n) is 9.63. The highest BCUT2D eigenvalue weighted by Crippen LogP contribution is 2.18. The molecule has 2 atom stereocenters. The molecule has 7 nitrogen and oxygen atoms in total. The number of H-pyrrole nitrogens is 2. The first-order chi connectivity index (χ1) is 8.65. The van der Waals surface area contributed by atoms with Gasteiger partial charge in [-0.05, 0) is 0 Å². The molecule has 2 aromatic heterocycles. The number of aliphatic hydroxyl groups is 2. The van der Waals surface area contributed by atoms with Crippen molar-refractivity contribution in [1.82, 2.24) is 19.9 Å². The second kappa shape index (κ2) is 5.12. The predicted molar refractivity (Wildman–Crippen MR) is 70.7 cm³/mol. The first-order valence-electron chi connectivity index (χ1n) is 5.77. The van der Waals surface area contributed by atoms with Gasteiger partial charge in [-0.3, -0.25) is 9.69 Å². The molecule has 0 amide bonds. The van der Waals surface area contributed by atoms with E-state index in [1.54, 1.807) is 6.20 Å². The van der Waals surface area contributed by atoms with Gasteiger partial charge in [0.2, 0.25) is 0 Å². The predicted octanol–water partition coefficient (Wildman–Crippen LogP) is -0.575. The number of β-amino-alcohol motifs (C(OH)–C–C–N with tert-alkyl or cyclic N) is 2. The summed E-state index contributed by atoms with van der Waals surface area (Å²) in [7, 11) is 0. The lowest BCUT2D eigenvalue weighted by molar-refractivity contribution is 0.0572. The lowest BCUT2D eigenvalue weighted by atomic mass is 10.2. The van der Waals surface area contributed by atoms with Crippen molar-refractivity contribution < 1.29 is 10.2 Å². The lowest BCUT2D eigenvalue weighted by Gasteiger charge is -2.13. The Labute approximate surface area is 109 Å². The van der Waals surface area contributed by atoms with Gasteiger partial charge in [-0.15, -0.1) is 0 Å². The fourth-order valence-electron chi connectivity index (χ4n) is 2.34. The van der Waals surface area contributed by atoms with Crippen LogP contribution in [0.5, 0.6) is 0 Å². The van der Waals surface area contributed by atoms with E-state index in [0.29, 0.717) is 30.7 Å². The van der Waals surface area contributed by atoms with Crippen LogP contribution in [-0.4, -0.2) is 55.4 Å². The number of nitrogens with zero attached hydrogens (tertiary/aromatic N) is 2. The second-order valence-corrected chi connectivity index (χ2v) is 4.60. The summed E-state index contributed by atoms with van der Waals surface area (Å²) in [6.45, 7) is 1.40. The third-order valence-electron chi connectivity index (χ3n) is 3.28. The number of nitrogens with one attached hydrogen (secondary N) is 2. The lowest BCUT2D eigenvalue weighted by Crippen LogP contribution is -2.22. The van der Waals surface area contributed by atoms with Crippen LogP contribution in [0.1, 0.15) is 13.0 Å². The summed E-state index contributed by atoms with van der Waals surface area (Å²) in [6.07, 6.45) is 1.71. The van der Waals surface area contributed by atoms with E-state index in [-0.39, 0.29) is 13.0 Å². The fourth-order valence-corrected chi connectivity index (χ4v) is 2.34. The summed E-state index contributed by atoms with van der Waals surface area (Å²) in [5.74, 6) is 0. The number of aliphatic hydroxyl groups excluding tert-OH is 2. The van der Waals surface area contributed by atoms with E-state index in [4.69, 9.17) is 0 Å². The van der Waals surface area contributed by atoms with Crippen molar-refractivity contribution in [3.63, 3.8) is 0 Å². The van der Waals surface area contributed by atoms with Crippen molar-refractivity contribution in [2.45, 2.75) is 26.2 Å². The number of rotatable bonds is 2. The molecule has 1 saturated heterocycles. The molecule has 1 fully saturated rings. The average Bonchev–Trinajstić information content (AvgIpc) is 2.86. The standard InChI is InChI=1S/C11H14N4O3.CH4/c16-7-3-15(4-8(7)17)2-6-1-12-10-9(6)13-5-14-11(10)18;/h1,5,7-8,12,16-17H,2-4H2,(H,13,14,18);1H4/t7-,8+;. The van der Waals surface area contributed by atoms with Gasteiger partial charge in [0.15, 0.2) is 0 Å². The van der Waals surface area contributed by atoms with Gasteiger partial charge in [-0.2, -0.15) is 0 Å². The number of hydrogen-bond acceptors (Lipinski definition) is 5. The number of aromatic amines is 2. The van der Waals surface area contributed by atoms with Crippen LogP contribution in [0.25, 0.3) is 11.0 Å². The molecule has 3 heterocycles. The van der Waals surface area contributed by atoms with Gasteiger partial charge in [0, 0.05) is 31.4 Å². The van der Waals surface area contributed by atoms with Gasteiger partial charge >= 0.3 is 0 Å². The summed E-state index contributed by atoms with van der Waals surface area (Å²) in [5.41, 5.74) is 1.77. The van der Waals surface area contributed by atoms with Crippen molar-refractivity contribution in [3.05, 3.63) is 28.4 Å². The molecular weight excluding hydrogens is 248 g/mol. The maximum absolute atomic E-state index is 11.5. The molecule has 19 heavy (non-hydrogen) atoms. The maximum Gasteiger partial charge on any atom is 0.275 e. The topological polar surface area (TPSA) is 105 Å². The molecular formula is C12H18N4O3. The molecule has 3 rings (SSSR count). The SMILES string of the molecule is C.O=c1[nH]cnc2c(CN3C[C@@H](O)[C@@H](O)C3)c[nH]c12. The maximum atomic E-state index is 11.5. The molecule has 0 radical (unpaired) electrons. The molecule has 0 aliphatic carbocycles. The van der Waals surface area contributed by atoms with Crippen LogP contribution in [0.2, 0.25) is 0 Å². The molecule has 0 unspecified atom stereocenters. The van der Waals surface area contributed by atoms with Crippen LogP contribution in [0.3, 0.4) is 0 Å². The fraction of sp³-hybridized carbons (Fsp3) is 0.500. The first-order valence-corrected chi connectivity index (χ1v) is 5.77. The molecule has 2 aromatic rings. The summed E-state index contributed by atoms with van der Waals surface area (Å²) < 4.78 is 0. The summed E-state index contributed by atoms with van der Waals surface area (Å²) >= 11 is 0. The Morgan fingerprint density at radius 3 is 2.68 bits per heavy atom. The summed E-state index contributed by atoms with van der Waals surface area (Å²) in [6, 6.07) is 0. The Balaban J connectivity index is 0.00000133. The summed E-state index contributed by atoms with van der Waals surface area (Å²) in [5, 5.41) is 19.0. The first kappa shape index (κ1) is 13.7. The minimum Gasteiger partial charge on any atom is -0.389 e. The molecule has 4 N–H and O–H groups in total. The van der Waals surface area contributed by atoms with Crippen LogP contribution < -0.4 is 5.56 Å². The minimum absolute atomic E-state index is 0. The Kier molecular flexibility index (Phi) is 3.70. The Morgan fingerprint density at radius 1 is 1.32 bits per heavy atom. The van der Waals surface area contributed by atoms with E-state index < -0.39 is 12.2 Å². The third-order valence-corrected chi connectivity index (χ3v) is 3.28. The Bertz CT molecular complexity index is 611. The van der Waals surface area contributed by atoms with Crippen molar-refractivity contribution in [2.24, 2.45) is 0 Å². The molecule has 0 saturated carbocycles. The molecule has 0 aromatic carbocycles. The van der Waals surface area contributed by atoms with Crippen molar-refractivity contribution in [2.75, 3.05) is 13.1 Å². The highest BCUT2D eigenvalue weighted by Gasteiger charge is 2.29. The van der Waals surface area contributed by atoms with Gasteiger partial charge < -0.3 is 20.2 Å². The zero-order valence-corrected chi connectivity index (χ0v) is 9.63. The highest BCUT2D eigenvalue weighted by atomic mass is 16.3. The molecule has 0 bridgehead atoms. The average molecular weight is 266 g/mol. The summed E-state index contributed by atoms with van der Waals surface area (Å²) in [4.78, 5) is 23.0. The third kappa shape index (κ3) is 2.40. The van der Waals surface area contributed by atoms with Crippen molar-refractivity contribution in [3.8, 4) is 0 Å². The van der Waals surface area contributed by atoms with Crippen molar-refractivity contribution >= 4 is 11.0 Å². The second-order valence-electron chi connectivity index (χ2n) is 4.60. The smallest absolute Gasteiger partial charge is 0.275 e. The van der Waals surface area contributed by atoms with Gasteiger partial charge in [0.1, 0.15) is 5.52 Å². The number of likely N-dealkylation sites (tertiary alicyclic amines) is 1. The van der Waals surface area contributed by atoms with E-state index in [1.165, 1.54) is 6.33 Å². The molecule has 7 heteroatoms. The van der Waals surface area contributed by atoms with Crippen LogP contribution in [0.15, 0.2) is 17.3 Å². The minimum atomic E-state index is -0.702. The van der Waals surface area contributed by atoms with Crippen LogP contribution in [-0.2, 0) is 6.54 Å². The van der Waals surface area contributed by atoms with E-state index in [2.05, 4.69) is 15.0 Å².